The van der Waals surface area contributed by atoms with E-state index in [0.29, 0.717) is 23.1 Å². The van der Waals surface area contributed by atoms with E-state index in [-0.39, 0.29) is 12.4 Å². The Hall–Kier alpha value is -3.53. The molecule has 4 rings (SSSR count). The van der Waals surface area contributed by atoms with Gasteiger partial charge in [0.15, 0.2) is 11.6 Å². The molecule has 0 radical (unpaired) electrons. The fraction of sp³-hybridized carbons (Fsp3) is 0.250. The lowest BCUT2D eigenvalue weighted by atomic mass is 10.2. The lowest BCUT2D eigenvalue weighted by Crippen LogP contribution is -2.48. The zero-order valence-electron chi connectivity index (χ0n) is 16.5. The molecule has 0 saturated carbocycles. The Morgan fingerprint density at radius 2 is 2.20 bits per heavy atom. The van der Waals surface area contributed by atoms with Gasteiger partial charge in [0.2, 0.25) is 5.82 Å². The first-order chi connectivity index (χ1) is 14.5. The molecule has 1 amide bonds. The van der Waals surface area contributed by atoms with Gasteiger partial charge in [-0.3, -0.25) is 4.79 Å². The summed E-state index contributed by atoms with van der Waals surface area (Å²) in [6, 6.07) is 10.7. The van der Waals surface area contributed by atoms with E-state index in [4.69, 9.17) is 21.7 Å². The normalized spacial score (nSPS) is 15.7. The lowest BCUT2D eigenvalue weighted by Gasteiger charge is -2.22. The van der Waals surface area contributed by atoms with Crippen LogP contribution in [0.1, 0.15) is 16.2 Å². The number of pyridine rings is 1. The Morgan fingerprint density at radius 1 is 1.33 bits per heavy atom. The fourth-order valence-corrected chi connectivity index (χ4v) is 3.30. The molecule has 154 valence electrons. The number of fused-ring (bicyclic) bond motifs is 1. The molecule has 1 aromatic carbocycles. The lowest BCUT2D eigenvalue weighted by molar-refractivity contribution is 0.0927. The number of methoxy groups -OCH3 is 1. The van der Waals surface area contributed by atoms with Crippen LogP contribution >= 0.6 is 12.2 Å². The molecule has 0 bridgehead atoms. The molecule has 30 heavy (non-hydrogen) atoms. The predicted octanol–water partition coefficient (Wildman–Crippen LogP) is 1.68. The van der Waals surface area contributed by atoms with E-state index < -0.39 is 11.9 Å². The Morgan fingerprint density at radius 3 is 3.03 bits per heavy atom. The van der Waals surface area contributed by atoms with Gasteiger partial charge in [0, 0.05) is 13.2 Å². The number of rotatable bonds is 5. The molecule has 3 heterocycles. The zero-order chi connectivity index (χ0) is 21.1. The number of anilines is 1. The quantitative estimate of drug-likeness (QED) is 0.619. The van der Waals surface area contributed by atoms with Crippen LogP contribution in [-0.4, -0.2) is 57.5 Å². The van der Waals surface area contributed by atoms with E-state index in [1.54, 1.807) is 36.0 Å². The summed E-state index contributed by atoms with van der Waals surface area (Å²) in [5, 5.41) is 7.13. The van der Waals surface area contributed by atoms with E-state index in [2.05, 4.69) is 20.4 Å². The summed E-state index contributed by atoms with van der Waals surface area (Å²) in [4.78, 5) is 23.4. The number of hydrogen-bond acceptors (Lipinski definition) is 7. The van der Waals surface area contributed by atoms with Crippen LogP contribution in [0.3, 0.4) is 0 Å². The van der Waals surface area contributed by atoms with Crippen molar-refractivity contribution in [1.29, 1.82) is 0 Å². The Kier molecular flexibility index (Phi) is 5.57. The molecule has 1 aliphatic rings. The maximum Gasteiger partial charge on any atom is 0.291 e. The van der Waals surface area contributed by atoms with Crippen molar-refractivity contribution in [3.8, 4) is 11.5 Å². The number of thiocarbonyl (C=S) groups is 1. The van der Waals surface area contributed by atoms with Crippen LogP contribution in [0.4, 0.5) is 5.82 Å². The van der Waals surface area contributed by atoms with Crippen LogP contribution in [0, 0.1) is 0 Å². The largest absolute Gasteiger partial charge is 0.497 e. The van der Waals surface area contributed by atoms with Gasteiger partial charge in [0.25, 0.3) is 5.91 Å². The molecule has 2 aromatic heterocycles. The van der Waals surface area contributed by atoms with E-state index >= 15 is 0 Å². The summed E-state index contributed by atoms with van der Waals surface area (Å²) in [6.45, 7) is 0.657. The fourth-order valence-electron chi connectivity index (χ4n) is 3.09. The van der Waals surface area contributed by atoms with Gasteiger partial charge in [-0.2, -0.15) is 0 Å². The Balaban J connectivity index is 1.44. The molecule has 0 aliphatic carbocycles. The summed E-state index contributed by atoms with van der Waals surface area (Å²) >= 11 is 5.53. The van der Waals surface area contributed by atoms with Crippen molar-refractivity contribution < 1.29 is 14.3 Å². The average molecular weight is 424 g/mol. The van der Waals surface area contributed by atoms with Crippen molar-refractivity contribution >= 4 is 28.9 Å². The first-order valence-corrected chi connectivity index (χ1v) is 9.64. The summed E-state index contributed by atoms with van der Waals surface area (Å²) < 4.78 is 12.6. The van der Waals surface area contributed by atoms with Crippen LogP contribution in [0.2, 0.25) is 0 Å². The van der Waals surface area contributed by atoms with Crippen LogP contribution < -0.4 is 19.7 Å². The number of carbonyl (C=O) groups excluding carboxylic acids is 1. The highest BCUT2D eigenvalue weighted by Gasteiger charge is 2.29. The van der Waals surface area contributed by atoms with Gasteiger partial charge in [0.05, 0.1) is 13.7 Å². The molecule has 1 N–H and O–H groups in total. The topological polar surface area (TPSA) is 94.4 Å². The minimum Gasteiger partial charge on any atom is -0.497 e. The number of hydrogen-bond donors (Lipinski definition) is 1. The van der Waals surface area contributed by atoms with Crippen LogP contribution in [-0.2, 0) is 6.54 Å². The Labute approximate surface area is 178 Å². The number of nitrogens with zero attached hydrogens (tertiary/aromatic N) is 5. The van der Waals surface area contributed by atoms with Gasteiger partial charge < -0.3 is 19.7 Å². The maximum absolute atomic E-state index is 12.7. The molecule has 9 nitrogen and oxygen atoms in total. The first kappa shape index (κ1) is 19.8. The molecule has 0 saturated heterocycles. The highest BCUT2D eigenvalue weighted by molar-refractivity contribution is 7.80. The van der Waals surface area contributed by atoms with E-state index in [9.17, 15) is 4.79 Å². The SMILES string of the molecule is COc1cccc(Cn2cnc(C(=O)NC3COc4cccnc4N(C)C3=S)n2)c1. The second kappa shape index (κ2) is 8.46. The molecule has 10 heteroatoms. The van der Waals surface area contributed by atoms with E-state index in [1.807, 2.05) is 30.3 Å². The minimum absolute atomic E-state index is 0.0586. The number of ether oxygens (including phenoxy) is 2. The molecular weight excluding hydrogens is 404 g/mol. The first-order valence-electron chi connectivity index (χ1n) is 9.24. The number of likely N-dealkylation sites (N-methyl/N-ethyl adjacent to an activating group) is 1. The van der Waals surface area contributed by atoms with Crippen molar-refractivity contribution in [2.24, 2.45) is 0 Å². The molecular formula is C20H20N6O3S. The monoisotopic (exact) mass is 424 g/mol. The summed E-state index contributed by atoms with van der Waals surface area (Å²) in [5.41, 5.74) is 0.983. The molecule has 1 aliphatic heterocycles. The molecule has 0 fully saturated rings. The zero-order valence-corrected chi connectivity index (χ0v) is 17.3. The van der Waals surface area contributed by atoms with Gasteiger partial charge in [-0.1, -0.05) is 24.4 Å². The summed E-state index contributed by atoms with van der Waals surface area (Å²) in [5.74, 6) is 1.61. The summed E-state index contributed by atoms with van der Waals surface area (Å²) in [7, 11) is 3.41. The summed E-state index contributed by atoms with van der Waals surface area (Å²) in [6.07, 6.45) is 3.18. The minimum atomic E-state index is -0.517. The van der Waals surface area contributed by atoms with Gasteiger partial charge in [-0.25, -0.2) is 14.6 Å². The van der Waals surface area contributed by atoms with Crippen LogP contribution in [0.5, 0.6) is 11.5 Å². The third kappa shape index (κ3) is 4.08. The number of carbonyl (C=O) groups is 1. The van der Waals surface area contributed by atoms with Crippen molar-refractivity contribution in [1.82, 2.24) is 25.1 Å². The van der Waals surface area contributed by atoms with Crippen molar-refractivity contribution in [3.63, 3.8) is 0 Å². The second-order valence-corrected chi connectivity index (χ2v) is 7.10. The van der Waals surface area contributed by atoms with Gasteiger partial charge >= 0.3 is 0 Å². The van der Waals surface area contributed by atoms with E-state index in [1.165, 1.54) is 6.33 Å². The molecule has 1 unspecified atom stereocenters. The van der Waals surface area contributed by atoms with Crippen LogP contribution in [0.15, 0.2) is 48.9 Å². The molecule has 0 spiro atoms. The highest BCUT2D eigenvalue weighted by atomic mass is 32.1. The third-order valence-electron chi connectivity index (χ3n) is 4.63. The average Bonchev–Trinajstić information content (AvgIpc) is 3.20. The van der Waals surface area contributed by atoms with Gasteiger partial charge in [0.1, 0.15) is 29.7 Å². The smallest absolute Gasteiger partial charge is 0.291 e. The molecule has 1 atom stereocenters. The Bertz CT molecular complexity index is 1090. The van der Waals surface area contributed by atoms with Gasteiger partial charge in [-0.15, -0.1) is 5.10 Å². The number of benzene rings is 1. The highest BCUT2D eigenvalue weighted by Crippen LogP contribution is 2.27. The van der Waals surface area contributed by atoms with Crippen LogP contribution in [0.25, 0.3) is 0 Å². The number of aromatic nitrogens is 4. The van der Waals surface area contributed by atoms with Crippen molar-refractivity contribution in [3.05, 3.63) is 60.3 Å². The standard InChI is InChI=1S/C20H20N6O3S/c1-25-18-16(7-4-8-21-18)29-11-15(20(25)30)23-19(27)17-22-12-26(24-17)10-13-5-3-6-14(9-13)28-2/h3-9,12,15H,10-11H2,1-2H3,(H,23,27). The molecule has 3 aromatic rings. The van der Waals surface area contributed by atoms with Crippen molar-refractivity contribution in [2.45, 2.75) is 12.6 Å². The van der Waals surface area contributed by atoms with Gasteiger partial charge in [-0.05, 0) is 29.8 Å². The predicted molar refractivity (Wildman–Crippen MR) is 114 cm³/mol. The van der Waals surface area contributed by atoms with E-state index in [0.717, 1.165) is 11.3 Å². The maximum atomic E-state index is 12.7. The number of nitrogens with one attached hydrogen (secondary N) is 1. The third-order valence-corrected chi connectivity index (χ3v) is 5.18. The second-order valence-electron chi connectivity index (χ2n) is 6.68. The van der Waals surface area contributed by atoms with Crippen molar-refractivity contribution in [2.75, 3.05) is 25.7 Å². The number of amides is 1.